The van der Waals surface area contributed by atoms with Crippen molar-refractivity contribution < 1.29 is 9.90 Å². The molecule has 96 valence electrons. The Bertz CT molecular complexity index is 444. The molecule has 4 heteroatoms. The van der Waals surface area contributed by atoms with E-state index in [2.05, 4.69) is 10.5 Å². The topological polar surface area (TPSA) is 61.7 Å². The molecule has 4 nitrogen and oxygen atoms in total. The Labute approximate surface area is 107 Å². The van der Waals surface area contributed by atoms with E-state index in [0.717, 1.165) is 31.4 Å². The maximum Gasteiger partial charge on any atom is 0.276 e. The lowest BCUT2D eigenvalue weighted by molar-refractivity contribution is -0.139. The number of benzene rings is 1. The van der Waals surface area contributed by atoms with Gasteiger partial charge in [-0.2, -0.15) is 5.10 Å². The second-order valence-electron chi connectivity index (χ2n) is 4.76. The third kappa shape index (κ3) is 2.76. The van der Waals surface area contributed by atoms with E-state index < -0.39 is 11.5 Å². The van der Waals surface area contributed by atoms with Crippen molar-refractivity contribution in [3.8, 4) is 0 Å². The predicted octanol–water partition coefficient (Wildman–Crippen LogP) is 1.94. The van der Waals surface area contributed by atoms with Crippen LogP contribution in [0.5, 0.6) is 0 Å². The van der Waals surface area contributed by atoms with Crippen molar-refractivity contribution in [1.82, 2.24) is 5.43 Å². The Morgan fingerprint density at radius 2 is 1.89 bits per heavy atom. The number of hydrazone groups is 1. The summed E-state index contributed by atoms with van der Waals surface area (Å²) in [7, 11) is 0. The molecule has 0 unspecified atom stereocenters. The Morgan fingerprint density at radius 3 is 2.50 bits per heavy atom. The van der Waals surface area contributed by atoms with Crippen LogP contribution in [0.15, 0.2) is 35.4 Å². The molecule has 0 heterocycles. The van der Waals surface area contributed by atoms with Crippen LogP contribution in [-0.4, -0.2) is 16.7 Å². The first-order valence-electron chi connectivity index (χ1n) is 6.24. The Hall–Kier alpha value is -1.68. The third-order valence-electron chi connectivity index (χ3n) is 3.27. The summed E-state index contributed by atoms with van der Waals surface area (Å²) in [6.07, 6.45) is 4.13. The SMILES string of the molecule is C[C@](O)(C(=O)NN=C1CCCC1)c1ccccc1. The van der Waals surface area contributed by atoms with Crippen LogP contribution in [0.2, 0.25) is 0 Å². The number of hydrogen-bond donors (Lipinski definition) is 2. The molecule has 18 heavy (non-hydrogen) atoms. The van der Waals surface area contributed by atoms with Gasteiger partial charge in [0.25, 0.3) is 5.91 Å². The lowest BCUT2D eigenvalue weighted by atomic mass is 9.95. The molecule has 1 saturated carbocycles. The summed E-state index contributed by atoms with van der Waals surface area (Å²) in [4.78, 5) is 12.0. The van der Waals surface area contributed by atoms with Gasteiger partial charge in [0.05, 0.1) is 0 Å². The molecule has 1 amide bonds. The minimum atomic E-state index is -1.55. The summed E-state index contributed by atoms with van der Waals surface area (Å²) in [5, 5.41) is 14.3. The quantitative estimate of drug-likeness (QED) is 0.801. The van der Waals surface area contributed by atoms with Crippen molar-refractivity contribution in [2.45, 2.75) is 38.2 Å². The van der Waals surface area contributed by atoms with Gasteiger partial charge in [-0.1, -0.05) is 30.3 Å². The lowest BCUT2D eigenvalue weighted by Crippen LogP contribution is -2.40. The Kier molecular flexibility index (Phi) is 3.77. The smallest absolute Gasteiger partial charge is 0.276 e. The normalized spacial score (nSPS) is 18.2. The summed E-state index contributed by atoms with van der Waals surface area (Å²) in [5.74, 6) is -0.492. The molecule has 2 N–H and O–H groups in total. The number of carbonyl (C=O) groups excluding carboxylic acids is 1. The zero-order valence-corrected chi connectivity index (χ0v) is 10.5. The highest BCUT2D eigenvalue weighted by Gasteiger charge is 2.32. The highest BCUT2D eigenvalue weighted by atomic mass is 16.3. The van der Waals surface area contributed by atoms with Crippen molar-refractivity contribution in [3.05, 3.63) is 35.9 Å². The predicted molar refractivity (Wildman–Crippen MR) is 70.1 cm³/mol. The van der Waals surface area contributed by atoms with Crippen LogP contribution in [0.4, 0.5) is 0 Å². The standard InChI is InChI=1S/C14H18N2O2/c1-14(18,11-7-3-2-4-8-11)13(17)16-15-12-9-5-6-10-12/h2-4,7-8,18H,5-6,9-10H2,1H3,(H,16,17)/t14-/m1/s1. The fourth-order valence-electron chi connectivity index (χ4n) is 2.03. The highest BCUT2D eigenvalue weighted by Crippen LogP contribution is 2.20. The zero-order chi connectivity index (χ0) is 13.0. The van der Waals surface area contributed by atoms with E-state index >= 15 is 0 Å². The van der Waals surface area contributed by atoms with Crippen LogP contribution in [0, 0.1) is 0 Å². The van der Waals surface area contributed by atoms with E-state index in [9.17, 15) is 9.90 Å². The molecule has 1 aliphatic carbocycles. The summed E-state index contributed by atoms with van der Waals surface area (Å²) >= 11 is 0. The van der Waals surface area contributed by atoms with Crippen molar-refractivity contribution in [2.75, 3.05) is 0 Å². The number of hydrogen-bond acceptors (Lipinski definition) is 3. The minimum absolute atomic E-state index is 0.492. The zero-order valence-electron chi connectivity index (χ0n) is 10.5. The average Bonchev–Trinajstić information content (AvgIpc) is 2.90. The summed E-state index contributed by atoms with van der Waals surface area (Å²) in [6.45, 7) is 1.48. The summed E-state index contributed by atoms with van der Waals surface area (Å²) in [5.41, 5.74) is 2.48. The van der Waals surface area contributed by atoms with E-state index in [0.29, 0.717) is 5.56 Å². The largest absolute Gasteiger partial charge is 0.375 e. The van der Waals surface area contributed by atoms with Crippen LogP contribution in [0.1, 0.15) is 38.2 Å². The second kappa shape index (κ2) is 5.31. The fraction of sp³-hybridized carbons (Fsp3) is 0.429. The van der Waals surface area contributed by atoms with E-state index in [1.165, 1.54) is 6.92 Å². The molecular formula is C14H18N2O2. The van der Waals surface area contributed by atoms with Crippen molar-refractivity contribution in [3.63, 3.8) is 0 Å². The van der Waals surface area contributed by atoms with Crippen molar-refractivity contribution >= 4 is 11.6 Å². The molecule has 1 fully saturated rings. The maximum atomic E-state index is 12.0. The first kappa shape index (κ1) is 12.8. The molecule has 0 spiro atoms. The second-order valence-corrected chi connectivity index (χ2v) is 4.76. The fourth-order valence-corrected chi connectivity index (χ4v) is 2.03. The molecule has 0 radical (unpaired) electrons. The van der Waals surface area contributed by atoms with Gasteiger partial charge in [-0.15, -0.1) is 0 Å². The van der Waals surface area contributed by atoms with Crippen LogP contribution < -0.4 is 5.43 Å². The van der Waals surface area contributed by atoms with Gasteiger partial charge < -0.3 is 5.11 Å². The monoisotopic (exact) mass is 246 g/mol. The van der Waals surface area contributed by atoms with E-state index in [1.807, 2.05) is 6.07 Å². The number of carbonyl (C=O) groups is 1. The summed E-state index contributed by atoms with van der Waals surface area (Å²) in [6, 6.07) is 8.88. The van der Waals surface area contributed by atoms with Crippen LogP contribution in [0.25, 0.3) is 0 Å². The van der Waals surface area contributed by atoms with Gasteiger partial charge in [0.15, 0.2) is 5.60 Å². The number of rotatable bonds is 3. The van der Waals surface area contributed by atoms with Gasteiger partial charge in [0.1, 0.15) is 0 Å². The Balaban J connectivity index is 2.05. The van der Waals surface area contributed by atoms with Gasteiger partial charge in [-0.3, -0.25) is 4.79 Å². The van der Waals surface area contributed by atoms with Gasteiger partial charge >= 0.3 is 0 Å². The van der Waals surface area contributed by atoms with Crippen LogP contribution in [0.3, 0.4) is 0 Å². The minimum Gasteiger partial charge on any atom is -0.375 e. The molecule has 1 aromatic carbocycles. The first-order valence-corrected chi connectivity index (χ1v) is 6.24. The van der Waals surface area contributed by atoms with Crippen LogP contribution in [-0.2, 0) is 10.4 Å². The van der Waals surface area contributed by atoms with Gasteiger partial charge in [0, 0.05) is 5.71 Å². The third-order valence-corrected chi connectivity index (χ3v) is 3.27. The number of nitrogens with one attached hydrogen (secondary N) is 1. The maximum absolute atomic E-state index is 12.0. The van der Waals surface area contributed by atoms with Gasteiger partial charge in [-0.05, 0) is 38.2 Å². The van der Waals surface area contributed by atoms with Gasteiger partial charge in [0.2, 0.25) is 0 Å². The first-order chi connectivity index (χ1) is 8.60. The van der Waals surface area contributed by atoms with Gasteiger partial charge in [-0.25, -0.2) is 5.43 Å². The average molecular weight is 246 g/mol. The molecule has 0 saturated heterocycles. The number of nitrogens with zero attached hydrogens (tertiary/aromatic N) is 1. The van der Waals surface area contributed by atoms with E-state index in [-0.39, 0.29) is 0 Å². The Morgan fingerprint density at radius 1 is 1.28 bits per heavy atom. The lowest BCUT2D eigenvalue weighted by Gasteiger charge is -2.21. The molecule has 1 aromatic rings. The van der Waals surface area contributed by atoms with E-state index in [4.69, 9.17) is 0 Å². The number of aliphatic hydroxyl groups is 1. The highest BCUT2D eigenvalue weighted by molar-refractivity contribution is 5.90. The van der Waals surface area contributed by atoms with Crippen LogP contribution >= 0.6 is 0 Å². The molecule has 0 bridgehead atoms. The number of amides is 1. The summed E-state index contributed by atoms with van der Waals surface area (Å²) < 4.78 is 0. The van der Waals surface area contributed by atoms with Crippen molar-refractivity contribution in [1.29, 1.82) is 0 Å². The van der Waals surface area contributed by atoms with Crippen molar-refractivity contribution in [2.24, 2.45) is 5.10 Å². The molecule has 1 aliphatic rings. The van der Waals surface area contributed by atoms with E-state index in [1.54, 1.807) is 24.3 Å². The molecule has 0 aliphatic heterocycles. The molecule has 2 rings (SSSR count). The molecule has 0 aromatic heterocycles. The molecule has 1 atom stereocenters. The molecular weight excluding hydrogens is 228 g/mol.